The van der Waals surface area contributed by atoms with Crippen molar-refractivity contribution >= 4 is 37.3 Å². The molecule has 0 aliphatic rings. The molecule has 2 aromatic carbocycles. The molecule has 134 valence electrons. The van der Waals surface area contributed by atoms with E-state index < -0.39 is 26.0 Å². The predicted molar refractivity (Wildman–Crippen MR) is 90.9 cm³/mol. The summed E-state index contributed by atoms with van der Waals surface area (Å²) >= 11 is 0. The van der Waals surface area contributed by atoms with Gasteiger partial charge in [0.15, 0.2) is 0 Å². The summed E-state index contributed by atoms with van der Waals surface area (Å²) in [6, 6.07) is 10.1. The molecule has 11 heteroatoms. The van der Waals surface area contributed by atoms with Gasteiger partial charge in [-0.3, -0.25) is 8.74 Å². The van der Waals surface area contributed by atoms with E-state index in [2.05, 4.69) is 14.4 Å². The monoisotopic (exact) mass is 385 g/mol. The Kier molecular flexibility index (Phi) is 5.52. The van der Waals surface area contributed by atoms with Crippen LogP contribution in [0.2, 0.25) is 0 Å². The van der Waals surface area contributed by atoms with Crippen LogP contribution in [-0.4, -0.2) is 28.5 Å². The molecule has 0 atom stereocenters. The molecular weight excluding hydrogens is 370 g/mol. The first-order chi connectivity index (χ1) is 11.6. The Labute approximate surface area is 145 Å². The summed E-state index contributed by atoms with van der Waals surface area (Å²) in [6.07, 6.45) is 0. The number of nitrogen functional groups attached to an aromatic ring is 1. The molecule has 3 N–H and O–H groups in total. The van der Waals surface area contributed by atoms with Crippen molar-refractivity contribution < 1.29 is 25.6 Å². The van der Waals surface area contributed by atoms with Crippen molar-refractivity contribution in [2.45, 2.75) is 10.6 Å². The Hall–Kier alpha value is -2.34. The molecule has 9 nitrogen and oxygen atoms in total. The minimum absolute atomic E-state index is 0.0235. The minimum Gasteiger partial charge on any atom is -0.398 e. The molecule has 0 unspecified atom stereocenters. The van der Waals surface area contributed by atoms with Crippen LogP contribution in [0.5, 0.6) is 0 Å². The highest BCUT2D eigenvalue weighted by Gasteiger charge is 2.17. The van der Waals surface area contributed by atoms with Gasteiger partial charge in [-0.05, 0) is 35.9 Å². The number of nitrogens with zero attached hydrogens (tertiary/aromatic N) is 2. The van der Waals surface area contributed by atoms with E-state index in [0.29, 0.717) is 11.3 Å². The fraction of sp³-hybridized carbons (Fsp3) is 0.143. The third kappa shape index (κ3) is 5.32. The molecular formula is C14H15N3O6S2. The lowest BCUT2D eigenvalue weighted by Gasteiger charge is -2.05. The molecule has 0 saturated carbocycles. The summed E-state index contributed by atoms with van der Waals surface area (Å²) in [7, 11) is -7.04. The maximum absolute atomic E-state index is 11.8. The highest BCUT2D eigenvalue weighted by molar-refractivity contribution is 7.87. The predicted octanol–water partition coefficient (Wildman–Crippen LogP) is 2.41. The lowest BCUT2D eigenvalue weighted by molar-refractivity contribution is 0.398. The van der Waals surface area contributed by atoms with E-state index in [0.717, 1.165) is 7.11 Å². The average Bonchev–Trinajstić information content (AvgIpc) is 2.54. The first-order valence-corrected chi connectivity index (χ1v) is 9.78. The van der Waals surface area contributed by atoms with Crippen molar-refractivity contribution in [3.63, 3.8) is 0 Å². The minimum atomic E-state index is -4.11. The molecule has 0 bridgehead atoms. The standard InChI is InChI=1S/C14H15N3O6S2/c1-23-25(21,22)14-8-12(6-7-13(14)15)17-16-11-4-2-10(3-5-11)9-24(18,19)20/h2-8H,9,15H2,1H3,(H,18,19,20). The van der Waals surface area contributed by atoms with E-state index in [1.807, 2.05) is 0 Å². The third-order valence-electron chi connectivity index (χ3n) is 3.05. The number of nitrogens with two attached hydrogens (primary N) is 1. The van der Waals surface area contributed by atoms with Crippen LogP contribution >= 0.6 is 0 Å². The summed E-state index contributed by atoms with van der Waals surface area (Å²) < 4.78 is 58.3. The Morgan fingerprint density at radius 2 is 1.56 bits per heavy atom. The lowest BCUT2D eigenvalue weighted by atomic mass is 10.2. The molecule has 0 aliphatic heterocycles. The summed E-state index contributed by atoms with van der Waals surface area (Å²) in [5.74, 6) is -0.499. The third-order valence-corrected chi connectivity index (χ3v) is 5.08. The van der Waals surface area contributed by atoms with Gasteiger partial charge in [0.05, 0.1) is 24.2 Å². The number of azo groups is 1. The number of rotatable bonds is 6. The van der Waals surface area contributed by atoms with Gasteiger partial charge in [-0.1, -0.05) is 12.1 Å². The van der Waals surface area contributed by atoms with Gasteiger partial charge >= 0.3 is 0 Å². The molecule has 0 aliphatic carbocycles. The maximum atomic E-state index is 11.8. The molecule has 0 spiro atoms. The molecule has 2 aromatic rings. The summed E-state index contributed by atoms with van der Waals surface area (Å²) in [4.78, 5) is -0.213. The summed E-state index contributed by atoms with van der Waals surface area (Å²) in [5, 5.41) is 7.84. The topological polar surface area (TPSA) is 148 Å². The molecule has 0 fully saturated rings. The van der Waals surface area contributed by atoms with Gasteiger partial charge in [0, 0.05) is 0 Å². The molecule has 0 radical (unpaired) electrons. The number of hydrogen-bond donors (Lipinski definition) is 2. The highest BCUT2D eigenvalue weighted by atomic mass is 32.2. The van der Waals surface area contributed by atoms with Crippen LogP contribution in [0.25, 0.3) is 0 Å². The van der Waals surface area contributed by atoms with Gasteiger partial charge in [0.1, 0.15) is 10.6 Å². The first kappa shape index (κ1) is 19.0. The molecule has 2 rings (SSSR count). The second-order valence-corrected chi connectivity index (χ2v) is 8.07. The van der Waals surface area contributed by atoms with Gasteiger partial charge in [-0.2, -0.15) is 27.1 Å². The molecule has 0 aromatic heterocycles. The number of anilines is 1. The quantitative estimate of drug-likeness (QED) is 0.335. The van der Waals surface area contributed by atoms with E-state index >= 15 is 0 Å². The van der Waals surface area contributed by atoms with Crippen molar-refractivity contribution in [1.82, 2.24) is 0 Å². The van der Waals surface area contributed by atoms with Crippen molar-refractivity contribution in [3.05, 3.63) is 48.0 Å². The Morgan fingerprint density at radius 1 is 1.00 bits per heavy atom. The van der Waals surface area contributed by atoms with Gasteiger partial charge in [0.2, 0.25) is 0 Å². The van der Waals surface area contributed by atoms with Crippen LogP contribution in [0, 0.1) is 0 Å². The van der Waals surface area contributed by atoms with E-state index in [9.17, 15) is 16.8 Å². The molecule has 25 heavy (non-hydrogen) atoms. The van der Waals surface area contributed by atoms with Crippen molar-refractivity contribution in [3.8, 4) is 0 Å². The average molecular weight is 385 g/mol. The Bertz CT molecular complexity index is 999. The van der Waals surface area contributed by atoms with Gasteiger partial charge in [-0.15, -0.1) is 0 Å². The van der Waals surface area contributed by atoms with Gasteiger partial charge in [-0.25, -0.2) is 0 Å². The summed E-state index contributed by atoms with van der Waals surface area (Å²) in [5.41, 5.74) is 6.69. The van der Waals surface area contributed by atoms with E-state index in [4.69, 9.17) is 10.3 Å². The fourth-order valence-corrected chi connectivity index (χ4v) is 3.29. The van der Waals surface area contributed by atoms with Crippen LogP contribution < -0.4 is 5.73 Å². The summed E-state index contributed by atoms with van der Waals surface area (Å²) in [6.45, 7) is 0. The Balaban J connectivity index is 2.24. The first-order valence-electron chi connectivity index (χ1n) is 6.77. The van der Waals surface area contributed by atoms with Crippen LogP contribution in [0.1, 0.15) is 5.56 Å². The van der Waals surface area contributed by atoms with Gasteiger partial charge < -0.3 is 5.73 Å². The zero-order valence-electron chi connectivity index (χ0n) is 13.0. The second-order valence-electron chi connectivity index (χ2n) is 4.94. The zero-order valence-corrected chi connectivity index (χ0v) is 14.7. The van der Waals surface area contributed by atoms with Crippen molar-refractivity contribution in [1.29, 1.82) is 0 Å². The molecule has 0 heterocycles. The molecule has 0 amide bonds. The van der Waals surface area contributed by atoms with Crippen LogP contribution in [0.15, 0.2) is 57.6 Å². The van der Waals surface area contributed by atoms with Crippen molar-refractivity contribution in [2.75, 3.05) is 12.8 Å². The lowest BCUT2D eigenvalue weighted by Crippen LogP contribution is -2.06. The fourth-order valence-electron chi connectivity index (χ4n) is 1.88. The van der Waals surface area contributed by atoms with E-state index in [1.54, 1.807) is 0 Å². The van der Waals surface area contributed by atoms with Gasteiger partial charge in [0.25, 0.3) is 20.2 Å². The van der Waals surface area contributed by atoms with Crippen molar-refractivity contribution in [2.24, 2.45) is 10.2 Å². The van der Waals surface area contributed by atoms with E-state index in [-0.39, 0.29) is 16.3 Å². The zero-order chi connectivity index (χ0) is 18.7. The maximum Gasteiger partial charge on any atom is 0.298 e. The number of benzene rings is 2. The van der Waals surface area contributed by atoms with E-state index in [1.165, 1.54) is 42.5 Å². The normalized spacial score (nSPS) is 12.6. The molecule has 0 saturated heterocycles. The number of hydrogen-bond acceptors (Lipinski definition) is 8. The van der Waals surface area contributed by atoms with Crippen LogP contribution in [-0.2, 0) is 30.2 Å². The largest absolute Gasteiger partial charge is 0.398 e. The van der Waals surface area contributed by atoms with Crippen LogP contribution in [0.4, 0.5) is 17.1 Å². The second kappa shape index (κ2) is 7.27. The SMILES string of the molecule is COS(=O)(=O)c1cc(N=Nc2ccc(CS(=O)(=O)O)cc2)ccc1N. The van der Waals surface area contributed by atoms with Crippen LogP contribution in [0.3, 0.4) is 0 Å². The smallest absolute Gasteiger partial charge is 0.298 e. The highest BCUT2D eigenvalue weighted by Crippen LogP contribution is 2.27. The Morgan fingerprint density at radius 3 is 2.12 bits per heavy atom.